The summed E-state index contributed by atoms with van der Waals surface area (Å²) in [6.45, 7) is 3.97. The number of thiophene rings is 1. The lowest BCUT2D eigenvalue weighted by Gasteiger charge is -2.12. The van der Waals surface area contributed by atoms with Gasteiger partial charge in [0, 0.05) is 9.75 Å². The van der Waals surface area contributed by atoms with Gasteiger partial charge in [-0.25, -0.2) is 0 Å². The van der Waals surface area contributed by atoms with Gasteiger partial charge in [0.1, 0.15) is 5.75 Å². The van der Waals surface area contributed by atoms with Crippen molar-refractivity contribution in [3.05, 3.63) is 51.7 Å². The molecule has 1 atom stereocenters. The van der Waals surface area contributed by atoms with Crippen LogP contribution in [0.1, 0.15) is 33.1 Å². The molecule has 0 aliphatic carbocycles. The Balaban J connectivity index is 2.10. The van der Waals surface area contributed by atoms with E-state index in [9.17, 15) is 9.90 Å². The van der Waals surface area contributed by atoms with Crippen LogP contribution in [0, 0.1) is 6.92 Å². The Bertz CT molecular complexity index is 562. The van der Waals surface area contributed by atoms with Gasteiger partial charge in [0.25, 0.3) is 5.91 Å². The molecule has 1 aromatic heterocycles. The predicted molar refractivity (Wildman–Crippen MR) is 73.0 cm³/mol. The summed E-state index contributed by atoms with van der Waals surface area (Å²) in [4.78, 5) is 14.3. The number of aromatic hydroxyl groups is 1. The number of phenolic OH excluding ortho intramolecular Hbond substituents is 1. The zero-order valence-corrected chi connectivity index (χ0v) is 11.1. The van der Waals surface area contributed by atoms with Crippen molar-refractivity contribution in [1.82, 2.24) is 5.32 Å². The molecule has 0 spiro atoms. The summed E-state index contributed by atoms with van der Waals surface area (Å²) in [7, 11) is 0. The van der Waals surface area contributed by atoms with E-state index in [0.29, 0.717) is 5.56 Å². The maximum absolute atomic E-state index is 12.0. The lowest BCUT2D eigenvalue weighted by atomic mass is 10.1. The van der Waals surface area contributed by atoms with Crippen LogP contribution in [-0.2, 0) is 0 Å². The van der Waals surface area contributed by atoms with E-state index in [1.165, 1.54) is 10.9 Å². The number of rotatable bonds is 3. The van der Waals surface area contributed by atoms with E-state index in [1.807, 2.05) is 26.0 Å². The summed E-state index contributed by atoms with van der Waals surface area (Å²) in [5.74, 6) is -0.254. The lowest BCUT2D eigenvalue weighted by molar-refractivity contribution is 0.0938. The summed E-state index contributed by atoms with van der Waals surface area (Å²) in [6.07, 6.45) is 0. The van der Waals surface area contributed by atoms with Crippen LogP contribution in [-0.4, -0.2) is 11.0 Å². The third-order valence-corrected chi connectivity index (χ3v) is 3.87. The van der Waals surface area contributed by atoms with Gasteiger partial charge in [0.2, 0.25) is 0 Å². The van der Waals surface area contributed by atoms with Gasteiger partial charge < -0.3 is 10.4 Å². The molecule has 3 nitrogen and oxygen atoms in total. The fraction of sp³-hybridized carbons (Fsp3) is 0.214. The van der Waals surface area contributed by atoms with E-state index in [1.54, 1.807) is 29.5 Å². The molecule has 0 aliphatic heterocycles. The molecule has 1 heterocycles. The highest BCUT2D eigenvalue weighted by Crippen LogP contribution is 2.23. The number of para-hydroxylation sites is 1. The van der Waals surface area contributed by atoms with Crippen LogP contribution in [0.5, 0.6) is 5.75 Å². The molecule has 1 aromatic carbocycles. The van der Waals surface area contributed by atoms with E-state index in [-0.39, 0.29) is 17.7 Å². The van der Waals surface area contributed by atoms with Crippen molar-refractivity contribution in [1.29, 1.82) is 0 Å². The molecule has 2 N–H and O–H groups in total. The normalized spacial score (nSPS) is 12.1. The highest BCUT2D eigenvalue weighted by atomic mass is 32.1. The quantitative estimate of drug-likeness (QED) is 0.891. The molecule has 0 radical (unpaired) electrons. The zero-order valence-electron chi connectivity index (χ0n) is 10.3. The van der Waals surface area contributed by atoms with Gasteiger partial charge in [-0.1, -0.05) is 12.1 Å². The Morgan fingerprint density at radius 3 is 2.61 bits per heavy atom. The van der Waals surface area contributed by atoms with E-state index < -0.39 is 0 Å². The van der Waals surface area contributed by atoms with Crippen molar-refractivity contribution >= 4 is 17.2 Å². The first kappa shape index (κ1) is 12.6. The van der Waals surface area contributed by atoms with Crippen LogP contribution >= 0.6 is 11.3 Å². The van der Waals surface area contributed by atoms with E-state index in [2.05, 4.69) is 5.32 Å². The summed E-state index contributed by atoms with van der Waals surface area (Å²) < 4.78 is 0. The summed E-state index contributed by atoms with van der Waals surface area (Å²) in [6, 6.07) is 10.5. The van der Waals surface area contributed by atoms with Gasteiger partial charge in [-0.2, -0.15) is 0 Å². The van der Waals surface area contributed by atoms with Crippen molar-refractivity contribution in [3.63, 3.8) is 0 Å². The number of hydrogen-bond donors (Lipinski definition) is 2. The van der Waals surface area contributed by atoms with E-state index in [0.717, 1.165) is 4.88 Å². The van der Waals surface area contributed by atoms with E-state index in [4.69, 9.17) is 0 Å². The topological polar surface area (TPSA) is 49.3 Å². The fourth-order valence-corrected chi connectivity index (χ4v) is 2.58. The zero-order chi connectivity index (χ0) is 13.1. The average Bonchev–Trinajstić information content (AvgIpc) is 2.76. The number of nitrogens with one attached hydrogen (secondary N) is 1. The Morgan fingerprint density at radius 2 is 2.00 bits per heavy atom. The largest absolute Gasteiger partial charge is 0.507 e. The summed E-state index contributed by atoms with van der Waals surface area (Å²) in [5.41, 5.74) is 0.303. The third-order valence-electron chi connectivity index (χ3n) is 2.68. The van der Waals surface area contributed by atoms with Crippen molar-refractivity contribution in [2.45, 2.75) is 19.9 Å². The minimum absolute atomic E-state index is 0.00422. The molecule has 0 fully saturated rings. The van der Waals surface area contributed by atoms with Gasteiger partial charge in [-0.15, -0.1) is 11.3 Å². The van der Waals surface area contributed by atoms with Crippen molar-refractivity contribution in [2.24, 2.45) is 0 Å². The third kappa shape index (κ3) is 2.71. The van der Waals surface area contributed by atoms with Crippen LogP contribution < -0.4 is 5.32 Å². The number of carbonyl (C=O) groups excluding carboxylic acids is 1. The molecule has 94 valence electrons. The number of phenols is 1. The fourth-order valence-electron chi connectivity index (χ4n) is 1.70. The van der Waals surface area contributed by atoms with Crippen LogP contribution in [0.2, 0.25) is 0 Å². The van der Waals surface area contributed by atoms with Crippen molar-refractivity contribution < 1.29 is 9.90 Å². The smallest absolute Gasteiger partial charge is 0.255 e. The molecule has 1 amide bonds. The maximum atomic E-state index is 12.0. The maximum Gasteiger partial charge on any atom is 0.255 e. The number of aryl methyl sites for hydroxylation is 1. The molecular weight excluding hydrogens is 246 g/mol. The summed E-state index contributed by atoms with van der Waals surface area (Å²) in [5, 5.41) is 12.5. The Morgan fingerprint density at radius 1 is 1.28 bits per heavy atom. The van der Waals surface area contributed by atoms with Gasteiger partial charge in [-0.3, -0.25) is 4.79 Å². The van der Waals surface area contributed by atoms with Gasteiger partial charge in [0.15, 0.2) is 0 Å². The first-order valence-electron chi connectivity index (χ1n) is 5.73. The molecule has 0 bridgehead atoms. The molecule has 18 heavy (non-hydrogen) atoms. The minimum atomic E-state index is -0.258. The van der Waals surface area contributed by atoms with Crippen molar-refractivity contribution in [3.8, 4) is 5.75 Å². The lowest BCUT2D eigenvalue weighted by Crippen LogP contribution is -2.26. The highest BCUT2D eigenvalue weighted by Gasteiger charge is 2.15. The Kier molecular flexibility index (Phi) is 3.67. The summed E-state index contributed by atoms with van der Waals surface area (Å²) >= 11 is 1.66. The monoisotopic (exact) mass is 261 g/mol. The molecule has 1 unspecified atom stereocenters. The molecule has 0 saturated carbocycles. The number of carbonyl (C=O) groups is 1. The van der Waals surface area contributed by atoms with Gasteiger partial charge >= 0.3 is 0 Å². The van der Waals surface area contributed by atoms with Gasteiger partial charge in [-0.05, 0) is 38.1 Å². The first-order valence-corrected chi connectivity index (χ1v) is 6.55. The number of hydrogen-bond acceptors (Lipinski definition) is 3. The molecule has 0 saturated heterocycles. The minimum Gasteiger partial charge on any atom is -0.507 e. The Hall–Kier alpha value is -1.81. The standard InChI is InChI=1S/C14H15NO2S/c1-9-7-8-13(18-9)10(2)15-14(17)11-5-3-4-6-12(11)16/h3-8,10,16H,1-2H3,(H,15,17). The van der Waals surface area contributed by atoms with E-state index >= 15 is 0 Å². The van der Waals surface area contributed by atoms with Crippen LogP contribution in [0.3, 0.4) is 0 Å². The second-order valence-corrected chi connectivity index (χ2v) is 5.48. The first-order chi connectivity index (χ1) is 8.58. The second-order valence-electron chi connectivity index (χ2n) is 4.16. The molecule has 0 aliphatic rings. The average molecular weight is 261 g/mol. The number of amides is 1. The SMILES string of the molecule is Cc1ccc(C(C)NC(=O)c2ccccc2O)s1. The molecule has 2 rings (SSSR count). The van der Waals surface area contributed by atoms with Crippen LogP contribution in [0.25, 0.3) is 0 Å². The molecular formula is C14H15NO2S. The van der Waals surface area contributed by atoms with Crippen LogP contribution in [0.15, 0.2) is 36.4 Å². The number of benzene rings is 1. The van der Waals surface area contributed by atoms with Crippen molar-refractivity contribution in [2.75, 3.05) is 0 Å². The predicted octanol–water partition coefficient (Wildman–Crippen LogP) is 3.25. The highest BCUT2D eigenvalue weighted by molar-refractivity contribution is 7.12. The molecule has 2 aromatic rings. The molecule has 4 heteroatoms. The van der Waals surface area contributed by atoms with Gasteiger partial charge in [0.05, 0.1) is 11.6 Å². The Labute approximate surface area is 110 Å². The van der Waals surface area contributed by atoms with Crippen LogP contribution in [0.4, 0.5) is 0 Å². The second kappa shape index (κ2) is 5.23.